The summed E-state index contributed by atoms with van der Waals surface area (Å²) in [7, 11) is 1.70. The van der Waals surface area contributed by atoms with Gasteiger partial charge in [-0.15, -0.1) is 0 Å². The molecule has 0 N–H and O–H groups in total. The van der Waals surface area contributed by atoms with E-state index in [0.717, 1.165) is 35.3 Å². The molecule has 1 aromatic carbocycles. The van der Waals surface area contributed by atoms with E-state index in [9.17, 15) is 0 Å². The van der Waals surface area contributed by atoms with E-state index in [-0.39, 0.29) is 0 Å². The zero-order valence-electron chi connectivity index (χ0n) is 14.4. The summed E-state index contributed by atoms with van der Waals surface area (Å²) >= 11 is 0. The fraction of sp³-hybridized carbons (Fsp3) is 0.333. The van der Waals surface area contributed by atoms with Crippen molar-refractivity contribution in [1.82, 2.24) is 14.9 Å². The third-order valence-electron chi connectivity index (χ3n) is 5.65. The van der Waals surface area contributed by atoms with Crippen molar-refractivity contribution >= 4 is 10.9 Å². The summed E-state index contributed by atoms with van der Waals surface area (Å²) in [6.45, 7) is 0.908. The van der Waals surface area contributed by atoms with Crippen LogP contribution in [0.25, 0.3) is 10.9 Å². The monoisotopic (exact) mass is 331 g/mol. The third kappa shape index (κ3) is 2.48. The number of fused-ring (bicyclic) bond motifs is 5. The SMILES string of the molecule is COc1ccc2nc(CN3[C@H]4CC[C@@H]3c3cccnc3C4)ccc2c1. The Morgan fingerprint density at radius 3 is 3.04 bits per heavy atom. The van der Waals surface area contributed by atoms with E-state index in [4.69, 9.17) is 9.72 Å². The van der Waals surface area contributed by atoms with Crippen molar-refractivity contribution in [1.29, 1.82) is 0 Å². The predicted octanol–water partition coefficient (Wildman–Crippen LogP) is 3.90. The van der Waals surface area contributed by atoms with Crippen LogP contribution in [0.2, 0.25) is 0 Å². The maximum absolute atomic E-state index is 5.30. The highest BCUT2D eigenvalue weighted by atomic mass is 16.5. The maximum atomic E-state index is 5.30. The van der Waals surface area contributed by atoms with Gasteiger partial charge in [-0.05, 0) is 48.7 Å². The molecular weight excluding hydrogens is 310 g/mol. The van der Waals surface area contributed by atoms with Crippen LogP contribution in [0.3, 0.4) is 0 Å². The molecule has 2 atom stereocenters. The number of pyridine rings is 2. The van der Waals surface area contributed by atoms with Gasteiger partial charge in [0.15, 0.2) is 0 Å². The molecule has 3 aromatic rings. The van der Waals surface area contributed by atoms with E-state index >= 15 is 0 Å². The van der Waals surface area contributed by atoms with Gasteiger partial charge >= 0.3 is 0 Å². The number of hydrogen-bond acceptors (Lipinski definition) is 4. The lowest BCUT2D eigenvalue weighted by atomic mass is 9.97. The van der Waals surface area contributed by atoms with Crippen LogP contribution >= 0.6 is 0 Å². The van der Waals surface area contributed by atoms with Crippen LogP contribution in [-0.2, 0) is 13.0 Å². The van der Waals surface area contributed by atoms with Gasteiger partial charge in [-0.1, -0.05) is 12.1 Å². The molecule has 5 rings (SSSR count). The fourth-order valence-electron chi connectivity index (χ4n) is 4.42. The lowest BCUT2D eigenvalue weighted by molar-refractivity contribution is 0.164. The number of methoxy groups -OCH3 is 1. The summed E-state index contributed by atoms with van der Waals surface area (Å²) in [5, 5.41) is 1.12. The Balaban J connectivity index is 1.45. The normalized spacial score (nSPS) is 22.1. The van der Waals surface area contributed by atoms with E-state index < -0.39 is 0 Å². The highest BCUT2D eigenvalue weighted by Gasteiger charge is 2.40. The van der Waals surface area contributed by atoms with Crippen LogP contribution in [0.15, 0.2) is 48.7 Å². The number of hydrogen-bond donors (Lipinski definition) is 0. The molecule has 0 radical (unpaired) electrons. The molecule has 2 bridgehead atoms. The minimum absolute atomic E-state index is 0.496. The van der Waals surface area contributed by atoms with Crippen LogP contribution in [0.1, 0.15) is 35.8 Å². The van der Waals surface area contributed by atoms with E-state index in [2.05, 4.69) is 34.1 Å². The Labute approximate surface area is 147 Å². The van der Waals surface area contributed by atoms with E-state index in [0.29, 0.717) is 12.1 Å². The molecule has 4 heterocycles. The first-order chi connectivity index (χ1) is 12.3. The summed E-state index contributed by atoms with van der Waals surface area (Å²) in [6.07, 6.45) is 5.48. The second-order valence-electron chi connectivity index (χ2n) is 7.02. The molecule has 2 aromatic heterocycles. The summed E-state index contributed by atoms with van der Waals surface area (Å²) in [6, 6.07) is 15.8. The van der Waals surface area contributed by atoms with E-state index in [1.807, 2.05) is 24.4 Å². The number of aromatic nitrogens is 2. The Bertz CT molecular complexity index is 939. The maximum Gasteiger partial charge on any atom is 0.119 e. The van der Waals surface area contributed by atoms with E-state index in [1.54, 1.807) is 7.11 Å². The number of ether oxygens (including phenoxy) is 1. The van der Waals surface area contributed by atoms with Crippen molar-refractivity contribution in [3.63, 3.8) is 0 Å². The van der Waals surface area contributed by atoms with Crippen molar-refractivity contribution in [2.24, 2.45) is 0 Å². The smallest absolute Gasteiger partial charge is 0.119 e. The van der Waals surface area contributed by atoms with Crippen LogP contribution < -0.4 is 4.74 Å². The lowest BCUT2D eigenvalue weighted by Crippen LogP contribution is -2.37. The van der Waals surface area contributed by atoms with E-state index in [1.165, 1.54) is 24.1 Å². The minimum atomic E-state index is 0.496. The average Bonchev–Trinajstić information content (AvgIpc) is 2.93. The van der Waals surface area contributed by atoms with Gasteiger partial charge in [-0.3, -0.25) is 14.9 Å². The molecule has 1 saturated heterocycles. The molecule has 4 nitrogen and oxygen atoms in total. The first-order valence-electron chi connectivity index (χ1n) is 8.95. The third-order valence-corrected chi connectivity index (χ3v) is 5.65. The lowest BCUT2D eigenvalue weighted by Gasteiger charge is -2.35. The zero-order valence-corrected chi connectivity index (χ0v) is 14.4. The quantitative estimate of drug-likeness (QED) is 0.729. The molecule has 2 aliphatic heterocycles. The van der Waals surface area contributed by atoms with Gasteiger partial charge in [0.05, 0.1) is 18.3 Å². The summed E-state index contributed by atoms with van der Waals surface area (Å²) in [5.74, 6) is 0.875. The Morgan fingerprint density at radius 1 is 1.16 bits per heavy atom. The molecule has 0 spiro atoms. The molecule has 126 valence electrons. The summed E-state index contributed by atoms with van der Waals surface area (Å²) < 4.78 is 5.30. The van der Waals surface area contributed by atoms with Gasteiger partial charge in [-0.2, -0.15) is 0 Å². The summed E-state index contributed by atoms with van der Waals surface area (Å²) in [4.78, 5) is 12.1. The highest BCUT2D eigenvalue weighted by molar-refractivity contribution is 5.80. The molecule has 0 saturated carbocycles. The topological polar surface area (TPSA) is 38.2 Å². The molecule has 0 unspecified atom stereocenters. The first-order valence-corrected chi connectivity index (χ1v) is 8.95. The molecule has 25 heavy (non-hydrogen) atoms. The van der Waals surface area contributed by atoms with Crippen molar-refractivity contribution in [2.45, 2.75) is 37.9 Å². The molecule has 0 amide bonds. The molecular formula is C21H21N3O. The van der Waals surface area contributed by atoms with Crippen LogP contribution in [0.5, 0.6) is 5.75 Å². The number of nitrogens with zero attached hydrogens (tertiary/aromatic N) is 3. The van der Waals surface area contributed by atoms with Crippen molar-refractivity contribution in [2.75, 3.05) is 7.11 Å². The van der Waals surface area contributed by atoms with Gasteiger partial charge in [0, 0.05) is 42.3 Å². The largest absolute Gasteiger partial charge is 0.497 e. The van der Waals surface area contributed by atoms with Crippen molar-refractivity contribution in [3.05, 3.63) is 65.6 Å². The number of benzene rings is 1. The van der Waals surface area contributed by atoms with Crippen LogP contribution in [-0.4, -0.2) is 28.0 Å². The summed E-state index contributed by atoms with van der Waals surface area (Å²) in [5.41, 5.74) is 4.89. The van der Waals surface area contributed by atoms with Gasteiger partial charge in [0.1, 0.15) is 5.75 Å². The molecule has 4 heteroatoms. The van der Waals surface area contributed by atoms with Crippen LogP contribution in [0.4, 0.5) is 0 Å². The Kier molecular flexibility index (Phi) is 3.45. The average molecular weight is 331 g/mol. The van der Waals surface area contributed by atoms with Crippen LogP contribution in [0, 0.1) is 0 Å². The predicted molar refractivity (Wildman–Crippen MR) is 97.5 cm³/mol. The highest BCUT2D eigenvalue weighted by Crippen LogP contribution is 2.43. The second-order valence-corrected chi connectivity index (χ2v) is 7.02. The Hall–Kier alpha value is -2.46. The minimum Gasteiger partial charge on any atom is -0.497 e. The van der Waals surface area contributed by atoms with Crippen molar-refractivity contribution < 1.29 is 4.74 Å². The molecule has 1 fully saturated rings. The molecule has 2 aliphatic rings. The van der Waals surface area contributed by atoms with Crippen molar-refractivity contribution in [3.8, 4) is 5.75 Å². The van der Waals surface area contributed by atoms with Gasteiger partial charge in [0.2, 0.25) is 0 Å². The standard InChI is InChI=1S/C21H21N3O/c1-25-17-7-8-19-14(11-17)4-5-15(23-19)13-24-16-6-9-21(24)18-3-2-10-22-20(18)12-16/h2-5,7-8,10-11,16,21H,6,9,12-13H2,1H3/t16-,21+/m0/s1. The Morgan fingerprint density at radius 2 is 2.12 bits per heavy atom. The van der Waals surface area contributed by atoms with Gasteiger partial charge < -0.3 is 4.74 Å². The fourth-order valence-corrected chi connectivity index (χ4v) is 4.42. The first kappa shape index (κ1) is 14.8. The van der Waals surface area contributed by atoms with Gasteiger partial charge in [0.25, 0.3) is 0 Å². The number of rotatable bonds is 3. The zero-order chi connectivity index (χ0) is 16.8. The molecule has 0 aliphatic carbocycles. The van der Waals surface area contributed by atoms with Gasteiger partial charge in [-0.25, -0.2) is 0 Å². The second kappa shape index (κ2) is 5.81.